The summed E-state index contributed by atoms with van der Waals surface area (Å²) < 4.78 is 0. The topological polar surface area (TPSA) is 61.2 Å². The zero-order valence-corrected chi connectivity index (χ0v) is 14.2. The lowest BCUT2D eigenvalue weighted by atomic mass is 9.94. The van der Waals surface area contributed by atoms with Gasteiger partial charge in [0.1, 0.15) is 0 Å². The van der Waals surface area contributed by atoms with Crippen LogP contribution in [0, 0.1) is 25.2 Å². The summed E-state index contributed by atoms with van der Waals surface area (Å²) in [5.74, 6) is -0.409. The molecule has 0 aromatic heterocycles. The molecule has 4 nitrogen and oxygen atoms in total. The second-order valence-electron chi connectivity index (χ2n) is 5.83. The van der Waals surface area contributed by atoms with Gasteiger partial charge in [-0.2, -0.15) is 5.26 Å². The normalized spacial score (nSPS) is 10.1. The van der Waals surface area contributed by atoms with E-state index in [2.05, 4.69) is 0 Å². The summed E-state index contributed by atoms with van der Waals surface area (Å²) in [6.07, 6.45) is 0.259. The fourth-order valence-corrected chi connectivity index (χ4v) is 2.52. The van der Waals surface area contributed by atoms with E-state index in [-0.39, 0.29) is 18.1 Å². The monoisotopic (exact) mass is 320 g/mol. The highest BCUT2D eigenvalue weighted by atomic mass is 16.2. The standard InChI is InChI=1S/C20H20N2O2/c1-14-9-10-15(2)18(13-14)19(23)16-7-4-5-8-17(16)20(24)22(3)12-6-11-21/h4-5,7-10,13H,6,12H2,1-3H3. The van der Waals surface area contributed by atoms with E-state index in [0.717, 1.165) is 11.1 Å². The maximum absolute atomic E-state index is 13.0. The van der Waals surface area contributed by atoms with Gasteiger partial charge in [-0.05, 0) is 31.5 Å². The van der Waals surface area contributed by atoms with Gasteiger partial charge in [0, 0.05) is 24.7 Å². The minimum Gasteiger partial charge on any atom is -0.341 e. The minimum atomic E-state index is -0.250. The molecule has 0 unspecified atom stereocenters. The van der Waals surface area contributed by atoms with Gasteiger partial charge in [-0.1, -0.05) is 35.9 Å². The maximum Gasteiger partial charge on any atom is 0.254 e. The van der Waals surface area contributed by atoms with Crippen molar-refractivity contribution in [2.24, 2.45) is 0 Å². The Morgan fingerprint density at radius 1 is 1.04 bits per heavy atom. The van der Waals surface area contributed by atoms with Gasteiger partial charge < -0.3 is 4.90 Å². The van der Waals surface area contributed by atoms with Crippen LogP contribution in [0.4, 0.5) is 0 Å². The van der Waals surface area contributed by atoms with E-state index in [9.17, 15) is 9.59 Å². The molecular formula is C20H20N2O2. The van der Waals surface area contributed by atoms with Gasteiger partial charge in [-0.25, -0.2) is 0 Å². The number of nitrogens with zero attached hydrogens (tertiary/aromatic N) is 2. The first-order chi connectivity index (χ1) is 11.5. The van der Waals surface area contributed by atoms with E-state index in [0.29, 0.717) is 23.2 Å². The Bertz CT molecular complexity index is 819. The van der Waals surface area contributed by atoms with Crippen LogP contribution >= 0.6 is 0 Å². The fraction of sp³-hybridized carbons (Fsp3) is 0.250. The van der Waals surface area contributed by atoms with Crippen LogP contribution in [0.25, 0.3) is 0 Å². The first-order valence-electron chi connectivity index (χ1n) is 7.79. The molecule has 0 bridgehead atoms. The number of hydrogen-bond acceptors (Lipinski definition) is 3. The zero-order chi connectivity index (χ0) is 17.7. The van der Waals surface area contributed by atoms with Crippen LogP contribution < -0.4 is 0 Å². The van der Waals surface area contributed by atoms with E-state index < -0.39 is 0 Å². The average Bonchev–Trinajstić information content (AvgIpc) is 2.60. The molecule has 0 N–H and O–H groups in total. The van der Waals surface area contributed by atoms with Crippen LogP contribution in [0.2, 0.25) is 0 Å². The predicted molar refractivity (Wildman–Crippen MR) is 93.0 cm³/mol. The van der Waals surface area contributed by atoms with Crippen LogP contribution in [-0.4, -0.2) is 30.2 Å². The van der Waals surface area contributed by atoms with Crippen LogP contribution in [0.15, 0.2) is 42.5 Å². The van der Waals surface area contributed by atoms with Crippen molar-refractivity contribution in [3.05, 3.63) is 70.3 Å². The molecule has 2 aromatic carbocycles. The molecule has 0 aliphatic rings. The molecule has 4 heteroatoms. The first-order valence-corrected chi connectivity index (χ1v) is 7.79. The summed E-state index contributed by atoms with van der Waals surface area (Å²) in [6.45, 7) is 4.15. The molecule has 0 fully saturated rings. The predicted octanol–water partition coefficient (Wildman–Crippen LogP) is 3.52. The summed E-state index contributed by atoms with van der Waals surface area (Å²) >= 11 is 0. The number of nitriles is 1. The number of carbonyl (C=O) groups excluding carboxylic acids is 2. The molecule has 0 aliphatic heterocycles. The number of aryl methyl sites for hydroxylation is 2. The number of amides is 1. The average molecular weight is 320 g/mol. The number of hydrogen-bond donors (Lipinski definition) is 0. The molecule has 0 saturated carbocycles. The van der Waals surface area contributed by atoms with Gasteiger partial charge in [-0.15, -0.1) is 0 Å². The lowest BCUT2D eigenvalue weighted by Gasteiger charge is -2.17. The molecule has 122 valence electrons. The fourth-order valence-electron chi connectivity index (χ4n) is 2.52. The molecular weight excluding hydrogens is 300 g/mol. The van der Waals surface area contributed by atoms with Gasteiger partial charge in [0.25, 0.3) is 5.91 Å². The lowest BCUT2D eigenvalue weighted by molar-refractivity contribution is 0.0793. The van der Waals surface area contributed by atoms with Crippen LogP contribution in [-0.2, 0) is 0 Å². The number of benzene rings is 2. The number of ketones is 1. The molecule has 2 rings (SSSR count). The Hall–Kier alpha value is -2.93. The Balaban J connectivity index is 2.42. The van der Waals surface area contributed by atoms with Crippen molar-refractivity contribution >= 4 is 11.7 Å². The summed E-state index contributed by atoms with van der Waals surface area (Å²) in [7, 11) is 1.64. The van der Waals surface area contributed by atoms with Gasteiger partial charge in [0.2, 0.25) is 0 Å². The molecule has 0 atom stereocenters. The van der Waals surface area contributed by atoms with Crippen molar-refractivity contribution in [1.29, 1.82) is 5.26 Å². The quantitative estimate of drug-likeness (QED) is 0.792. The van der Waals surface area contributed by atoms with E-state index in [1.165, 1.54) is 4.90 Å². The molecule has 2 aromatic rings. The molecule has 24 heavy (non-hydrogen) atoms. The second-order valence-corrected chi connectivity index (χ2v) is 5.83. The molecule has 1 amide bonds. The number of carbonyl (C=O) groups is 2. The van der Waals surface area contributed by atoms with Gasteiger partial charge in [0.05, 0.1) is 18.1 Å². The first kappa shape index (κ1) is 17.4. The third kappa shape index (κ3) is 3.69. The van der Waals surface area contributed by atoms with Crippen molar-refractivity contribution in [3.63, 3.8) is 0 Å². The highest BCUT2D eigenvalue weighted by Gasteiger charge is 2.21. The third-order valence-corrected chi connectivity index (χ3v) is 3.95. The van der Waals surface area contributed by atoms with Crippen molar-refractivity contribution in [3.8, 4) is 6.07 Å². The van der Waals surface area contributed by atoms with E-state index in [1.54, 1.807) is 31.3 Å². The summed E-state index contributed by atoms with van der Waals surface area (Å²) in [5.41, 5.74) is 3.24. The SMILES string of the molecule is Cc1ccc(C)c(C(=O)c2ccccc2C(=O)N(C)CCC#N)c1. The smallest absolute Gasteiger partial charge is 0.254 e. The molecule has 0 spiro atoms. The Morgan fingerprint density at radius 2 is 1.71 bits per heavy atom. The second kappa shape index (κ2) is 7.56. The van der Waals surface area contributed by atoms with E-state index >= 15 is 0 Å². The van der Waals surface area contributed by atoms with Gasteiger partial charge in [0.15, 0.2) is 5.78 Å². The third-order valence-electron chi connectivity index (χ3n) is 3.95. The van der Waals surface area contributed by atoms with Gasteiger partial charge >= 0.3 is 0 Å². The van der Waals surface area contributed by atoms with Gasteiger partial charge in [-0.3, -0.25) is 9.59 Å². The Labute approximate surface area is 142 Å². The lowest BCUT2D eigenvalue weighted by Crippen LogP contribution is -2.29. The van der Waals surface area contributed by atoms with Crippen molar-refractivity contribution in [2.45, 2.75) is 20.3 Å². The Kier molecular flexibility index (Phi) is 5.49. The summed E-state index contributed by atoms with van der Waals surface area (Å²) in [6, 6.07) is 14.6. The minimum absolute atomic E-state index is 0.158. The summed E-state index contributed by atoms with van der Waals surface area (Å²) in [4.78, 5) is 27.1. The van der Waals surface area contributed by atoms with Crippen molar-refractivity contribution in [1.82, 2.24) is 4.90 Å². The zero-order valence-electron chi connectivity index (χ0n) is 14.2. The summed E-state index contributed by atoms with van der Waals surface area (Å²) in [5, 5.41) is 8.67. The van der Waals surface area contributed by atoms with Crippen molar-refractivity contribution < 1.29 is 9.59 Å². The van der Waals surface area contributed by atoms with E-state index in [1.807, 2.05) is 38.1 Å². The van der Waals surface area contributed by atoms with E-state index in [4.69, 9.17) is 5.26 Å². The largest absolute Gasteiger partial charge is 0.341 e. The maximum atomic E-state index is 13.0. The molecule has 0 radical (unpaired) electrons. The molecule has 0 saturated heterocycles. The van der Waals surface area contributed by atoms with Crippen molar-refractivity contribution in [2.75, 3.05) is 13.6 Å². The number of rotatable bonds is 5. The highest BCUT2D eigenvalue weighted by Crippen LogP contribution is 2.20. The Morgan fingerprint density at radius 3 is 2.38 bits per heavy atom. The van der Waals surface area contributed by atoms with Crippen LogP contribution in [0.5, 0.6) is 0 Å². The molecule has 0 heterocycles. The van der Waals surface area contributed by atoms with Crippen LogP contribution in [0.3, 0.4) is 0 Å². The highest BCUT2D eigenvalue weighted by molar-refractivity contribution is 6.15. The van der Waals surface area contributed by atoms with Crippen LogP contribution in [0.1, 0.15) is 43.8 Å². The molecule has 0 aliphatic carbocycles.